The Balaban J connectivity index is 2.20. The number of aromatic nitrogens is 2. The maximum absolute atomic E-state index is 6.01. The van der Waals surface area contributed by atoms with Crippen LogP contribution in [0.25, 0.3) is 0 Å². The van der Waals surface area contributed by atoms with Crippen molar-refractivity contribution in [3.05, 3.63) is 47.7 Å². The Labute approximate surface area is 120 Å². The first kappa shape index (κ1) is 13.4. The van der Waals surface area contributed by atoms with Crippen LogP contribution in [0.3, 0.4) is 0 Å². The number of nitrogen functional groups attached to an aromatic ring is 1. The Morgan fingerprint density at radius 2 is 1.89 bits per heavy atom. The van der Waals surface area contributed by atoms with Gasteiger partial charge in [-0.3, -0.25) is 0 Å². The van der Waals surface area contributed by atoms with Crippen molar-refractivity contribution in [3.8, 4) is 0 Å². The molecule has 4 N–H and O–H groups in total. The first-order chi connectivity index (χ1) is 9.20. The molecule has 0 atom stereocenters. The van der Waals surface area contributed by atoms with E-state index in [0.29, 0.717) is 23.9 Å². The second-order valence-electron chi connectivity index (χ2n) is 3.79. The third-order valence-corrected chi connectivity index (χ3v) is 2.93. The maximum atomic E-state index is 6.01. The van der Waals surface area contributed by atoms with Crippen LogP contribution in [-0.2, 0) is 0 Å². The summed E-state index contributed by atoms with van der Waals surface area (Å²) in [5, 5.41) is 6.21. The summed E-state index contributed by atoms with van der Waals surface area (Å²) in [4.78, 5) is 8.23. The van der Waals surface area contributed by atoms with Gasteiger partial charge < -0.3 is 16.4 Å². The van der Waals surface area contributed by atoms with Crippen molar-refractivity contribution >= 4 is 38.9 Å². The summed E-state index contributed by atoms with van der Waals surface area (Å²) in [6.45, 7) is 4.23. The molecular formula is C13H14BrN5. The monoisotopic (exact) mass is 319 g/mol. The number of nitrogens with one attached hydrogen (secondary N) is 2. The molecule has 1 heterocycles. The zero-order valence-corrected chi connectivity index (χ0v) is 11.8. The standard InChI is InChI=1S/C13H14BrN5/c1-2-7-16-12-11(15)13(18-8-17-12)19-10-5-3-9(14)4-6-10/h2-6,8H,1,7,15H2,(H2,16,17,18,19). The minimum absolute atomic E-state index is 0.479. The highest BCUT2D eigenvalue weighted by Crippen LogP contribution is 2.26. The van der Waals surface area contributed by atoms with Gasteiger partial charge in [0.25, 0.3) is 0 Å². The summed E-state index contributed by atoms with van der Waals surface area (Å²) in [5.74, 6) is 1.17. The highest BCUT2D eigenvalue weighted by molar-refractivity contribution is 9.10. The van der Waals surface area contributed by atoms with Crippen molar-refractivity contribution in [1.82, 2.24) is 9.97 Å². The van der Waals surface area contributed by atoms with Crippen molar-refractivity contribution in [2.75, 3.05) is 22.9 Å². The van der Waals surface area contributed by atoms with E-state index in [-0.39, 0.29) is 0 Å². The number of nitrogens with two attached hydrogens (primary N) is 1. The molecule has 19 heavy (non-hydrogen) atoms. The smallest absolute Gasteiger partial charge is 0.159 e. The van der Waals surface area contributed by atoms with Crippen molar-refractivity contribution in [2.24, 2.45) is 0 Å². The minimum atomic E-state index is 0.479. The van der Waals surface area contributed by atoms with Gasteiger partial charge in [0.05, 0.1) is 0 Å². The quantitative estimate of drug-likeness (QED) is 0.738. The van der Waals surface area contributed by atoms with Gasteiger partial charge in [-0.2, -0.15) is 0 Å². The zero-order valence-electron chi connectivity index (χ0n) is 10.2. The van der Waals surface area contributed by atoms with E-state index in [0.717, 1.165) is 10.2 Å². The summed E-state index contributed by atoms with van der Waals surface area (Å²) in [6.07, 6.45) is 3.20. The third kappa shape index (κ3) is 3.45. The first-order valence-electron chi connectivity index (χ1n) is 5.68. The van der Waals surface area contributed by atoms with Gasteiger partial charge in [0.2, 0.25) is 0 Å². The maximum Gasteiger partial charge on any atom is 0.159 e. The lowest BCUT2D eigenvalue weighted by atomic mass is 10.3. The fraction of sp³-hybridized carbons (Fsp3) is 0.0769. The summed E-state index contributed by atoms with van der Waals surface area (Å²) in [5.41, 5.74) is 7.39. The predicted molar refractivity (Wildman–Crippen MR) is 82.6 cm³/mol. The second kappa shape index (κ2) is 6.19. The molecule has 0 aliphatic rings. The Kier molecular flexibility index (Phi) is 4.35. The highest BCUT2D eigenvalue weighted by atomic mass is 79.9. The summed E-state index contributed by atoms with van der Waals surface area (Å²) >= 11 is 3.39. The lowest BCUT2D eigenvalue weighted by Gasteiger charge is -2.11. The van der Waals surface area contributed by atoms with Crippen LogP contribution in [0, 0.1) is 0 Å². The first-order valence-corrected chi connectivity index (χ1v) is 6.48. The number of hydrogen-bond acceptors (Lipinski definition) is 5. The SMILES string of the molecule is C=CCNc1ncnc(Nc2ccc(Br)cc2)c1N. The number of nitrogens with zero attached hydrogens (tertiary/aromatic N) is 2. The molecule has 98 valence electrons. The highest BCUT2D eigenvalue weighted by Gasteiger charge is 2.07. The fourth-order valence-corrected chi connectivity index (χ4v) is 1.74. The third-order valence-electron chi connectivity index (χ3n) is 2.40. The fourth-order valence-electron chi connectivity index (χ4n) is 1.47. The molecule has 0 spiro atoms. The minimum Gasteiger partial charge on any atom is -0.393 e. The van der Waals surface area contributed by atoms with E-state index in [1.165, 1.54) is 6.33 Å². The normalized spacial score (nSPS) is 9.95. The molecule has 2 aromatic rings. The number of anilines is 4. The number of benzene rings is 1. The van der Waals surface area contributed by atoms with E-state index >= 15 is 0 Å². The van der Waals surface area contributed by atoms with Crippen LogP contribution >= 0.6 is 15.9 Å². The van der Waals surface area contributed by atoms with Crippen LogP contribution in [0.1, 0.15) is 0 Å². The molecule has 2 rings (SSSR count). The number of halogens is 1. The van der Waals surface area contributed by atoms with Gasteiger partial charge in [0.15, 0.2) is 11.6 Å². The van der Waals surface area contributed by atoms with Gasteiger partial charge in [-0.15, -0.1) is 6.58 Å². The van der Waals surface area contributed by atoms with Gasteiger partial charge in [-0.1, -0.05) is 22.0 Å². The van der Waals surface area contributed by atoms with Crippen molar-refractivity contribution in [2.45, 2.75) is 0 Å². The van der Waals surface area contributed by atoms with Gasteiger partial charge in [-0.05, 0) is 24.3 Å². The average Bonchev–Trinajstić information content (AvgIpc) is 2.42. The summed E-state index contributed by atoms with van der Waals surface area (Å²) < 4.78 is 1.02. The Hall–Kier alpha value is -2.08. The molecule has 0 saturated carbocycles. The van der Waals surface area contributed by atoms with Crippen LogP contribution in [0.4, 0.5) is 23.0 Å². The van der Waals surface area contributed by atoms with Crippen LogP contribution in [0.15, 0.2) is 47.7 Å². The van der Waals surface area contributed by atoms with E-state index < -0.39 is 0 Å². The van der Waals surface area contributed by atoms with Crippen LogP contribution in [0.5, 0.6) is 0 Å². The van der Waals surface area contributed by atoms with Gasteiger partial charge in [-0.25, -0.2) is 9.97 Å². The molecule has 0 saturated heterocycles. The molecule has 1 aromatic carbocycles. The van der Waals surface area contributed by atoms with E-state index in [2.05, 4.69) is 43.1 Å². The average molecular weight is 320 g/mol. The lowest BCUT2D eigenvalue weighted by Crippen LogP contribution is -2.07. The molecule has 0 aliphatic carbocycles. The Morgan fingerprint density at radius 1 is 1.21 bits per heavy atom. The van der Waals surface area contributed by atoms with Crippen molar-refractivity contribution in [1.29, 1.82) is 0 Å². The van der Waals surface area contributed by atoms with Crippen molar-refractivity contribution < 1.29 is 0 Å². The van der Waals surface area contributed by atoms with Crippen LogP contribution in [-0.4, -0.2) is 16.5 Å². The predicted octanol–water partition coefficient (Wildman–Crippen LogP) is 3.16. The Morgan fingerprint density at radius 3 is 2.58 bits per heavy atom. The Bertz CT molecular complexity index is 568. The van der Waals surface area contributed by atoms with Crippen LogP contribution in [0.2, 0.25) is 0 Å². The molecule has 6 heteroatoms. The van der Waals surface area contributed by atoms with E-state index in [1.54, 1.807) is 6.08 Å². The topological polar surface area (TPSA) is 75.9 Å². The van der Waals surface area contributed by atoms with Gasteiger partial charge >= 0.3 is 0 Å². The molecule has 5 nitrogen and oxygen atoms in total. The molecule has 1 aromatic heterocycles. The number of hydrogen-bond donors (Lipinski definition) is 3. The summed E-state index contributed by atoms with van der Waals surface area (Å²) in [7, 11) is 0. The zero-order chi connectivity index (χ0) is 13.7. The van der Waals surface area contributed by atoms with Gasteiger partial charge in [0.1, 0.15) is 12.0 Å². The molecule has 0 amide bonds. The molecule has 0 bridgehead atoms. The lowest BCUT2D eigenvalue weighted by molar-refractivity contribution is 1.14. The molecule has 0 unspecified atom stereocenters. The van der Waals surface area contributed by atoms with E-state index in [9.17, 15) is 0 Å². The molecular weight excluding hydrogens is 306 g/mol. The van der Waals surface area contributed by atoms with E-state index in [1.807, 2.05) is 24.3 Å². The summed E-state index contributed by atoms with van der Waals surface area (Å²) in [6, 6.07) is 7.75. The van der Waals surface area contributed by atoms with Crippen LogP contribution < -0.4 is 16.4 Å². The second-order valence-corrected chi connectivity index (χ2v) is 4.70. The molecule has 0 radical (unpaired) electrons. The van der Waals surface area contributed by atoms with Crippen molar-refractivity contribution in [3.63, 3.8) is 0 Å². The molecule has 0 fully saturated rings. The van der Waals surface area contributed by atoms with E-state index in [4.69, 9.17) is 5.73 Å². The molecule has 0 aliphatic heterocycles. The van der Waals surface area contributed by atoms with Gasteiger partial charge in [0, 0.05) is 16.7 Å². The number of rotatable bonds is 5. The largest absolute Gasteiger partial charge is 0.393 e.